The summed E-state index contributed by atoms with van der Waals surface area (Å²) in [4.78, 5) is 22.5. The standard InChI is InChI=1S/C12H11BrN2O4/c1-18-9-4-6(7(13)5-10(9)19-2)3-8-11(16)15-12(17)14-8/h3-5H,1-2H3,(H2,14,15,16,17)/b8-3-. The van der Waals surface area contributed by atoms with Crippen LogP contribution in [0.4, 0.5) is 4.79 Å². The van der Waals surface area contributed by atoms with Crippen molar-refractivity contribution in [1.82, 2.24) is 10.6 Å². The van der Waals surface area contributed by atoms with Gasteiger partial charge in [0.25, 0.3) is 5.91 Å². The highest BCUT2D eigenvalue weighted by Gasteiger charge is 2.23. The molecule has 1 aliphatic heterocycles. The number of benzene rings is 1. The van der Waals surface area contributed by atoms with E-state index < -0.39 is 11.9 Å². The molecular weight excluding hydrogens is 316 g/mol. The number of hydrogen-bond donors (Lipinski definition) is 2. The van der Waals surface area contributed by atoms with Crippen LogP contribution in [0.2, 0.25) is 0 Å². The van der Waals surface area contributed by atoms with Gasteiger partial charge in [0.1, 0.15) is 5.70 Å². The minimum atomic E-state index is -0.534. The Hall–Kier alpha value is -2.02. The maximum Gasteiger partial charge on any atom is 0.326 e. The molecule has 100 valence electrons. The van der Waals surface area contributed by atoms with Gasteiger partial charge >= 0.3 is 6.03 Å². The van der Waals surface area contributed by atoms with Gasteiger partial charge in [0.15, 0.2) is 11.5 Å². The van der Waals surface area contributed by atoms with Gasteiger partial charge in [-0.1, -0.05) is 15.9 Å². The third-order valence-corrected chi connectivity index (χ3v) is 3.21. The first-order chi connectivity index (χ1) is 9.05. The van der Waals surface area contributed by atoms with E-state index in [1.54, 1.807) is 18.2 Å². The third kappa shape index (κ3) is 2.70. The van der Waals surface area contributed by atoms with E-state index in [9.17, 15) is 9.59 Å². The molecule has 0 atom stereocenters. The van der Waals surface area contributed by atoms with Crippen molar-refractivity contribution < 1.29 is 19.1 Å². The molecule has 6 nitrogen and oxygen atoms in total. The lowest BCUT2D eigenvalue weighted by Crippen LogP contribution is -2.22. The zero-order chi connectivity index (χ0) is 14.0. The summed E-state index contributed by atoms with van der Waals surface area (Å²) in [6.07, 6.45) is 1.55. The second-order valence-corrected chi connectivity index (χ2v) is 4.55. The molecule has 1 saturated heterocycles. The molecule has 1 aromatic carbocycles. The van der Waals surface area contributed by atoms with Crippen LogP contribution in [-0.2, 0) is 4.79 Å². The van der Waals surface area contributed by atoms with Crippen molar-refractivity contribution in [3.05, 3.63) is 27.9 Å². The average Bonchev–Trinajstić information content (AvgIpc) is 2.69. The Kier molecular flexibility index (Phi) is 3.75. The van der Waals surface area contributed by atoms with Crippen molar-refractivity contribution in [1.29, 1.82) is 0 Å². The van der Waals surface area contributed by atoms with Gasteiger partial charge in [-0.25, -0.2) is 4.79 Å². The number of methoxy groups -OCH3 is 2. The Morgan fingerprint density at radius 3 is 2.26 bits per heavy atom. The normalized spacial score (nSPS) is 16.3. The van der Waals surface area contributed by atoms with E-state index in [0.29, 0.717) is 21.5 Å². The van der Waals surface area contributed by atoms with Gasteiger partial charge in [0.2, 0.25) is 0 Å². The number of ether oxygens (including phenoxy) is 2. The second-order valence-electron chi connectivity index (χ2n) is 3.69. The molecule has 3 amide bonds. The van der Waals surface area contributed by atoms with E-state index in [1.165, 1.54) is 14.2 Å². The largest absolute Gasteiger partial charge is 0.493 e. The topological polar surface area (TPSA) is 76.7 Å². The Morgan fingerprint density at radius 2 is 1.74 bits per heavy atom. The first-order valence-electron chi connectivity index (χ1n) is 5.30. The Bertz CT molecular complexity index is 583. The number of carbonyl (C=O) groups is 2. The number of hydrogen-bond acceptors (Lipinski definition) is 4. The summed E-state index contributed by atoms with van der Waals surface area (Å²) >= 11 is 3.37. The predicted octanol–water partition coefficient (Wildman–Crippen LogP) is 1.65. The highest BCUT2D eigenvalue weighted by Crippen LogP contribution is 2.34. The van der Waals surface area contributed by atoms with E-state index >= 15 is 0 Å². The summed E-state index contributed by atoms with van der Waals surface area (Å²) < 4.78 is 11.1. The molecule has 0 saturated carbocycles. The van der Waals surface area contributed by atoms with Crippen LogP contribution < -0.4 is 20.1 Å². The van der Waals surface area contributed by atoms with Gasteiger partial charge < -0.3 is 14.8 Å². The van der Waals surface area contributed by atoms with Gasteiger partial charge in [0.05, 0.1) is 14.2 Å². The van der Waals surface area contributed by atoms with Crippen molar-refractivity contribution in [2.45, 2.75) is 0 Å². The lowest BCUT2D eigenvalue weighted by atomic mass is 10.1. The van der Waals surface area contributed by atoms with Crippen molar-refractivity contribution in [3.8, 4) is 11.5 Å². The fourth-order valence-electron chi connectivity index (χ4n) is 1.62. The molecule has 0 radical (unpaired) electrons. The zero-order valence-electron chi connectivity index (χ0n) is 10.2. The summed E-state index contributed by atoms with van der Waals surface area (Å²) in [5.74, 6) is 0.630. The van der Waals surface area contributed by atoms with Crippen LogP contribution in [0.25, 0.3) is 6.08 Å². The van der Waals surface area contributed by atoms with Crippen LogP contribution >= 0.6 is 15.9 Å². The molecule has 1 fully saturated rings. The summed E-state index contributed by atoms with van der Waals surface area (Å²) in [7, 11) is 3.06. The molecule has 1 aromatic rings. The summed E-state index contributed by atoms with van der Waals surface area (Å²) in [6, 6.07) is 2.89. The van der Waals surface area contributed by atoms with E-state index in [-0.39, 0.29) is 5.70 Å². The fraction of sp³-hybridized carbons (Fsp3) is 0.167. The smallest absolute Gasteiger partial charge is 0.326 e. The SMILES string of the molecule is COc1cc(Br)c(/C=C2\NC(=O)NC2=O)cc1OC. The van der Waals surface area contributed by atoms with Crippen LogP contribution in [0.3, 0.4) is 0 Å². The molecule has 0 aliphatic carbocycles. The third-order valence-electron chi connectivity index (χ3n) is 2.52. The van der Waals surface area contributed by atoms with E-state index in [2.05, 4.69) is 26.6 Å². The predicted molar refractivity (Wildman–Crippen MR) is 71.9 cm³/mol. The van der Waals surface area contributed by atoms with Crippen molar-refractivity contribution >= 4 is 33.9 Å². The summed E-state index contributed by atoms with van der Waals surface area (Å²) in [6.45, 7) is 0. The van der Waals surface area contributed by atoms with Crippen LogP contribution in [0.15, 0.2) is 22.3 Å². The van der Waals surface area contributed by atoms with Gasteiger partial charge in [-0.3, -0.25) is 10.1 Å². The summed E-state index contributed by atoms with van der Waals surface area (Å²) in [5, 5.41) is 4.54. The van der Waals surface area contributed by atoms with Gasteiger partial charge in [-0.2, -0.15) is 0 Å². The van der Waals surface area contributed by atoms with E-state index in [0.717, 1.165) is 0 Å². The lowest BCUT2D eigenvalue weighted by molar-refractivity contribution is -0.115. The van der Waals surface area contributed by atoms with Crippen LogP contribution in [0.5, 0.6) is 11.5 Å². The molecule has 2 N–H and O–H groups in total. The number of imide groups is 1. The van der Waals surface area contributed by atoms with Crippen LogP contribution in [-0.4, -0.2) is 26.2 Å². The molecule has 0 spiro atoms. The van der Waals surface area contributed by atoms with Crippen molar-refractivity contribution in [2.24, 2.45) is 0 Å². The maximum absolute atomic E-state index is 11.4. The molecule has 19 heavy (non-hydrogen) atoms. The molecule has 7 heteroatoms. The lowest BCUT2D eigenvalue weighted by Gasteiger charge is -2.10. The molecular formula is C12H11BrN2O4. The van der Waals surface area contributed by atoms with E-state index in [4.69, 9.17) is 9.47 Å². The number of amides is 3. The van der Waals surface area contributed by atoms with Crippen LogP contribution in [0.1, 0.15) is 5.56 Å². The van der Waals surface area contributed by atoms with Gasteiger partial charge in [-0.05, 0) is 23.8 Å². The van der Waals surface area contributed by atoms with Crippen molar-refractivity contribution in [2.75, 3.05) is 14.2 Å². The first-order valence-corrected chi connectivity index (χ1v) is 6.10. The van der Waals surface area contributed by atoms with Gasteiger partial charge in [0, 0.05) is 4.47 Å². The molecule has 0 bridgehead atoms. The molecule has 1 aliphatic rings. The molecule has 2 rings (SSSR count). The first kappa shape index (κ1) is 13.4. The number of nitrogens with one attached hydrogen (secondary N) is 2. The average molecular weight is 327 g/mol. The zero-order valence-corrected chi connectivity index (χ0v) is 11.8. The number of halogens is 1. The van der Waals surface area contributed by atoms with Crippen molar-refractivity contribution in [3.63, 3.8) is 0 Å². The van der Waals surface area contributed by atoms with E-state index in [1.807, 2.05) is 0 Å². The number of carbonyl (C=O) groups excluding carboxylic acids is 2. The Morgan fingerprint density at radius 1 is 1.11 bits per heavy atom. The molecule has 1 heterocycles. The highest BCUT2D eigenvalue weighted by atomic mass is 79.9. The fourth-order valence-corrected chi connectivity index (χ4v) is 2.06. The number of urea groups is 1. The minimum Gasteiger partial charge on any atom is -0.493 e. The Labute approximate surface area is 117 Å². The maximum atomic E-state index is 11.4. The van der Waals surface area contributed by atoms with Crippen LogP contribution in [0, 0.1) is 0 Å². The molecule has 0 unspecified atom stereocenters. The minimum absolute atomic E-state index is 0.179. The van der Waals surface area contributed by atoms with Gasteiger partial charge in [-0.15, -0.1) is 0 Å². The monoisotopic (exact) mass is 326 g/mol. The quantitative estimate of drug-likeness (QED) is 0.654. The Balaban J connectivity index is 2.43. The highest BCUT2D eigenvalue weighted by molar-refractivity contribution is 9.10. The summed E-state index contributed by atoms with van der Waals surface area (Å²) in [5.41, 5.74) is 0.864. The second kappa shape index (κ2) is 5.31. The number of rotatable bonds is 3. The molecule has 0 aromatic heterocycles.